The maximum Gasteiger partial charge on any atom is 0.386 e. The van der Waals surface area contributed by atoms with E-state index in [1.54, 1.807) is 0 Å². The molecule has 1 aliphatic rings. The van der Waals surface area contributed by atoms with Gasteiger partial charge in [0, 0.05) is 0 Å². The van der Waals surface area contributed by atoms with Crippen molar-refractivity contribution in [2.24, 2.45) is 5.92 Å². The van der Waals surface area contributed by atoms with Crippen molar-refractivity contribution in [1.82, 2.24) is 0 Å². The van der Waals surface area contributed by atoms with Crippen molar-refractivity contribution in [3.63, 3.8) is 0 Å². The molecular formula is C31H42F4O. The van der Waals surface area contributed by atoms with Gasteiger partial charge in [-0.15, -0.1) is 0 Å². The molecule has 0 bridgehead atoms. The smallest absolute Gasteiger partial charge is 0.316 e. The van der Waals surface area contributed by atoms with Crippen LogP contribution >= 0.6 is 0 Å². The molecule has 0 heterocycles. The summed E-state index contributed by atoms with van der Waals surface area (Å²) in [5.74, 6) is -2.12. The Bertz CT molecular complexity index is 917. The fraction of sp³-hybridized carbons (Fsp3) is 0.613. The number of halogens is 4. The van der Waals surface area contributed by atoms with Crippen LogP contribution in [-0.4, -0.2) is 6.61 Å². The molecular weight excluding hydrogens is 464 g/mol. The number of rotatable bonds is 14. The third kappa shape index (κ3) is 8.06. The first kappa shape index (κ1) is 28.7. The number of unbranched alkanes of at least 4 members (excludes halogenated alkanes) is 4. The molecule has 0 atom stereocenters. The van der Waals surface area contributed by atoms with E-state index in [0.29, 0.717) is 5.92 Å². The number of alkyl halides is 2. The summed E-state index contributed by atoms with van der Waals surface area (Å²) in [4.78, 5) is 0. The lowest BCUT2D eigenvalue weighted by Gasteiger charge is -2.29. The van der Waals surface area contributed by atoms with Gasteiger partial charge in [0.05, 0.1) is 12.2 Å². The van der Waals surface area contributed by atoms with E-state index in [2.05, 4.69) is 13.8 Å². The third-order valence-electron chi connectivity index (χ3n) is 7.69. The Kier molecular flexibility index (Phi) is 11.3. The van der Waals surface area contributed by atoms with Crippen molar-refractivity contribution in [3.05, 3.63) is 70.3 Å². The minimum atomic E-state index is -3.89. The lowest BCUT2D eigenvalue weighted by Crippen LogP contribution is -2.23. The Morgan fingerprint density at radius 2 is 1.36 bits per heavy atom. The predicted octanol–water partition coefficient (Wildman–Crippen LogP) is 9.86. The maximum atomic E-state index is 14.9. The van der Waals surface area contributed by atoms with Crippen molar-refractivity contribution in [2.75, 3.05) is 6.61 Å². The molecule has 0 aliphatic heterocycles. The van der Waals surface area contributed by atoms with Crippen LogP contribution in [0.15, 0.2) is 36.4 Å². The zero-order valence-electron chi connectivity index (χ0n) is 21.9. The molecule has 200 valence electrons. The Labute approximate surface area is 214 Å². The van der Waals surface area contributed by atoms with E-state index in [0.717, 1.165) is 56.6 Å². The van der Waals surface area contributed by atoms with Gasteiger partial charge in [0.25, 0.3) is 0 Å². The highest BCUT2D eigenvalue weighted by molar-refractivity contribution is 5.31. The van der Waals surface area contributed by atoms with Crippen LogP contribution in [0.2, 0.25) is 0 Å². The van der Waals surface area contributed by atoms with E-state index in [4.69, 9.17) is 4.74 Å². The van der Waals surface area contributed by atoms with Crippen LogP contribution in [0.25, 0.3) is 0 Å². The molecule has 5 heteroatoms. The van der Waals surface area contributed by atoms with Crippen molar-refractivity contribution >= 4 is 0 Å². The monoisotopic (exact) mass is 506 g/mol. The Balaban J connectivity index is 1.53. The molecule has 0 amide bonds. The number of ether oxygens (including phenoxy) is 1. The van der Waals surface area contributed by atoms with Gasteiger partial charge in [0.1, 0.15) is 0 Å². The van der Waals surface area contributed by atoms with E-state index in [1.807, 2.05) is 24.3 Å². The molecule has 0 aromatic heterocycles. The molecule has 2 aromatic carbocycles. The molecule has 0 N–H and O–H groups in total. The number of hydrogen-bond donors (Lipinski definition) is 0. The van der Waals surface area contributed by atoms with E-state index < -0.39 is 23.3 Å². The average molecular weight is 507 g/mol. The summed E-state index contributed by atoms with van der Waals surface area (Å²) in [6, 6.07) is 10.2. The Morgan fingerprint density at radius 1 is 0.750 bits per heavy atom. The molecule has 3 rings (SSSR count). The quantitative estimate of drug-likeness (QED) is 0.183. The van der Waals surface area contributed by atoms with Crippen LogP contribution in [0.3, 0.4) is 0 Å². The van der Waals surface area contributed by atoms with Gasteiger partial charge in [-0.2, -0.15) is 8.78 Å². The fourth-order valence-electron chi connectivity index (χ4n) is 5.38. The summed E-state index contributed by atoms with van der Waals surface area (Å²) in [6.07, 6.45) is 9.19. The first-order valence-electron chi connectivity index (χ1n) is 13.9. The van der Waals surface area contributed by atoms with Crippen LogP contribution in [0, 0.1) is 17.6 Å². The lowest BCUT2D eigenvalue weighted by molar-refractivity contribution is -0.249. The molecule has 0 radical (unpaired) electrons. The van der Waals surface area contributed by atoms with Crippen molar-refractivity contribution < 1.29 is 22.3 Å². The van der Waals surface area contributed by atoms with Gasteiger partial charge in [-0.25, -0.2) is 8.78 Å². The van der Waals surface area contributed by atoms with Crippen LogP contribution in [0.1, 0.15) is 113 Å². The van der Waals surface area contributed by atoms with Gasteiger partial charge in [-0.05, 0) is 79.5 Å². The van der Waals surface area contributed by atoms with Gasteiger partial charge < -0.3 is 4.74 Å². The highest BCUT2D eigenvalue weighted by Crippen LogP contribution is 2.41. The maximum absolute atomic E-state index is 14.9. The predicted molar refractivity (Wildman–Crippen MR) is 138 cm³/mol. The van der Waals surface area contributed by atoms with E-state index in [-0.39, 0.29) is 24.5 Å². The normalized spacial score (nSPS) is 18.5. The van der Waals surface area contributed by atoms with Crippen molar-refractivity contribution in [1.29, 1.82) is 0 Å². The second-order valence-electron chi connectivity index (χ2n) is 10.4. The summed E-state index contributed by atoms with van der Waals surface area (Å²) in [6.45, 7) is 4.06. The summed E-state index contributed by atoms with van der Waals surface area (Å²) in [5, 5.41) is 0. The standard InChI is InChI=1S/C31H42F4O/c1-3-5-7-9-23-11-13-25(14-12-23)21-22-36-31(34,35)28-20-19-27(29(32)30(28)33)26-17-15-24(16-18-26)10-8-6-4-2/h11-14,19-20,24,26H,3-10,15-18,21-22H2,1-2H3. The third-order valence-corrected chi connectivity index (χ3v) is 7.69. The molecule has 1 fully saturated rings. The summed E-state index contributed by atoms with van der Waals surface area (Å²) in [7, 11) is 0. The minimum absolute atomic E-state index is 0.115. The second kappa shape index (κ2) is 14.2. The van der Waals surface area contributed by atoms with E-state index in [9.17, 15) is 17.6 Å². The van der Waals surface area contributed by atoms with Gasteiger partial charge in [0.15, 0.2) is 11.6 Å². The molecule has 1 nitrogen and oxygen atoms in total. The summed E-state index contributed by atoms with van der Waals surface area (Å²) >= 11 is 0. The summed E-state index contributed by atoms with van der Waals surface area (Å²) in [5.41, 5.74) is 1.29. The highest BCUT2D eigenvalue weighted by Gasteiger charge is 2.38. The summed E-state index contributed by atoms with van der Waals surface area (Å²) < 4.78 is 63.8. The molecule has 0 spiro atoms. The van der Waals surface area contributed by atoms with Crippen molar-refractivity contribution in [3.8, 4) is 0 Å². The lowest BCUT2D eigenvalue weighted by atomic mass is 9.76. The van der Waals surface area contributed by atoms with Crippen LogP contribution in [0.4, 0.5) is 17.6 Å². The molecule has 2 aromatic rings. The number of benzene rings is 2. The Hall–Kier alpha value is -1.88. The fourth-order valence-corrected chi connectivity index (χ4v) is 5.38. The molecule has 1 aliphatic carbocycles. The van der Waals surface area contributed by atoms with Gasteiger partial charge in [0.2, 0.25) is 0 Å². The molecule has 1 saturated carbocycles. The van der Waals surface area contributed by atoms with Gasteiger partial charge in [-0.1, -0.05) is 82.7 Å². The van der Waals surface area contributed by atoms with E-state index in [1.165, 1.54) is 43.7 Å². The molecule has 0 saturated heterocycles. The zero-order chi connectivity index (χ0) is 26.0. The second-order valence-corrected chi connectivity index (χ2v) is 10.4. The highest BCUT2D eigenvalue weighted by atomic mass is 19.3. The van der Waals surface area contributed by atoms with Gasteiger partial charge in [-0.3, -0.25) is 0 Å². The molecule has 0 unspecified atom stereocenters. The van der Waals surface area contributed by atoms with Crippen LogP contribution in [-0.2, 0) is 23.7 Å². The average Bonchev–Trinajstić information content (AvgIpc) is 2.87. The minimum Gasteiger partial charge on any atom is -0.316 e. The first-order chi connectivity index (χ1) is 17.4. The molecule has 36 heavy (non-hydrogen) atoms. The van der Waals surface area contributed by atoms with Gasteiger partial charge >= 0.3 is 6.11 Å². The van der Waals surface area contributed by atoms with Crippen LogP contribution in [0.5, 0.6) is 0 Å². The van der Waals surface area contributed by atoms with E-state index >= 15 is 0 Å². The first-order valence-corrected chi connectivity index (χ1v) is 13.9. The SMILES string of the molecule is CCCCCc1ccc(CCOC(F)(F)c2ccc(C3CCC(CCCCC)CC3)c(F)c2F)cc1. The number of hydrogen-bond acceptors (Lipinski definition) is 1. The largest absolute Gasteiger partial charge is 0.386 e. The zero-order valence-corrected chi connectivity index (χ0v) is 21.9. The Morgan fingerprint density at radius 3 is 2.00 bits per heavy atom. The van der Waals surface area contributed by atoms with Crippen LogP contribution < -0.4 is 0 Å². The number of aryl methyl sites for hydroxylation is 1. The topological polar surface area (TPSA) is 9.23 Å². The van der Waals surface area contributed by atoms with Crippen molar-refractivity contribution in [2.45, 2.75) is 109 Å².